The number of H-pyrrole nitrogens is 1. The fraction of sp³-hybridized carbons (Fsp3) is 0.261. The van der Waals surface area contributed by atoms with Crippen molar-refractivity contribution in [3.05, 3.63) is 75.7 Å². The summed E-state index contributed by atoms with van der Waals surface area (Å²) in [4.78, 5) is 24.7. The predicted octanol–water partition coefficient (Wildman–Crippen LogP) is 4.57. The molecule has 0 aliphatic heterocycles. The Balaban J connectivity index is 1.69. The number of thioether (sulfide) groups is 1. The van der Waals surface area contributed by atoms with E-state index in [2.05, 4.69) is 27.2 Å². The quantitative estimate of drug-likeness (QED) is 0.275. The van der Waals surface area contributed by atoms with E-state index >= 15 is 0 Å². The van der Waals surface area contributed by atoms with Crippen LogP contribution in [0, 0.1) is 11.6 Å². The Labute approximate surface area is 193 Å². The van der Waals surface area contributed by atoms with Crippen molar-refractivity contribution in [3.63, 3.8) is 0 Å². The van der Waals surface area contributed by atoms with Crippen molar-refractivity contribution in [2.75, 3.05) is 18.2 Å². The van der Waals surface area contributed by atoms with E-state index in [1.807, 2.05) is 24.3 Å². The molecule has 33 heavy (non-hydrogen) atoms. The van der Waals surface area contributed by atoms with Crippen molar-refractivity contribution in [3.8, 4) is 5.75 Å². The highest BCUT2D eigenvalue weighted by Crippen LogP contribution is 2.24. The summed E-state index contributed by atoms with van der Waals surface area (Å²) in [5.41, 5.74) is 1.90. The van der Waals surface area contributed by atoms with E-state index in [-0.39, 0.29) is 6.54 Å². The molecular formula is C23H23F2N5O2S. The summed E-state index contributed by atoms with van der Waals surface area (Å²) in [6.07, 6.45) is 0.940. The maximum Gasteiger partial charge on any atom is 0.328 e. The zero-order valence-corrected chi connectivity index (χ0v) is 19.0. The molecule has 0 amide bonds. The number of anilines is 1. The number of aromatic nitrogens is 4. The minimum atomic E-state index is -0.962. The minimum Gasteiger partial charge on any atom is -0.497 e. The summed E-state index contributed by atoms with van der Waals surface area (Å²) < 4.78 is 33.6. The number of imidazole rings is 1. The smallest absolute Gasteiger partial charge is 0.328 e. The van der Waals surface area contributed by atoms with Gasteiger partial charge in [-0.05, 0) is 41.8 Å². The van der Waals surface area contributed by atoms with Crippen LogP contribution in [-0.2, 0) is 13.1 Å². The van der Waals surface area contributed by atoms with Gasteiger partial charge in [0.05, 0.1) is 13.7 Å². The Morgan fingerprint density at radius 2 is 1.85 bits per heavy atom. The summed E-state index contributed by atoms with van der Waals surface area (Å²) >= 11 is 1.49. The normalized spacial score (nSPS) is 11.2. The van der Waals surface area contributed by atoms with Crippen LogP contribution < -0.4 is 15.7 Å². The molecule has 2 N–H and O–H groups in total. The lowest BCUT2D eigenvalue weighted by molar-refractivity contribution is 0.414. The van der Waals surface area contributed by atoms with Crippen molar-refractivity contribution < 1.29 is 13.5 Å². The van der Waals surface area contributed by atoms with Crippen LogP contribution in [0.15, 0.2) is 52.4 Å². The van der Waals surface area contributed by atoms with E-state index < -0.39 is 17.3 Å². The highest BCUT2D eigenvalue weighted by atomic mass is 32.2. The van der Waals surface area contributed by atoms with Crippen LogP contribution in [0.1, 0.15) is 24.5 Å². The largest absolute Gasteiger partial charge is 0.497 e. The van der Waals surface area contributed by atoms with Crippen molar-refractivity contribution >= 4 is 28.7 Å². The number of ether oxygens (including phenoxy) is 1. The summed E-state index contributed by atoms with van der Waals surface area (Å²) in [5.74, 6) is 0.184. The lowest BCUT2D eigenvalue weighted by Crippen LogP contribution is -2.18. The molecule has 0 spiro atoms. The number of benzene rings is 2. The Morgan fingerprint density at radius 1 is 1.09 bits per heavy atom. The molecule has 0 aliphatic rings. The van der Waals surface area contributed by atoms with Gasteiger partial charge in [0, 0.05) is 12.3 Å². The average Bonchev–Trinajstić information content (AvgIpc) is 3.14. The molecule has 4 rings (SSSR count). The number of halogens is 2. The summed E-state index contributed by atoms with van der Waals surface area (Å²) in [5, 5.41) is 3.81. The number of hydrogen-bond donors (Lipinski definition) is 2. The number of methoxy groups -OCH3 is 1. The third kappa shape index (κ3) is 5.16. The first-order valence-corrected chi connectivity index (χ1v) is 11.4. The van der Waals surface area contributed by atoms with E-state index in [9.17, 15) is 13.6 Å². The van der Waals surface area contributed by atoms with Gasteiger partial charge in [-0.3, -0.25) is 4.57 Å². The topological polar surface area (TPSA) is 84.8 Å². The van der Waals surface area contributed by atoms with E-state index in [0.717, 1.165) is 35.6 Å². The molecule has 0 saturated carbocycles. The lowest BCUT2D eigenvalue weighted by Gasteiger charge is -2.10. The molecule has 0 bridgehead atoms. The maximum absolute atomic E-state index is 13.7. The fourth-order valence-electron chi connectivity index (χ4n) is 3.29. The number of aromatic amines is 1. The molecule has 0 radical (unpaired) electrons. The van der Waals surface area contributed by atoms with Gasteiger partial charge in [-0.25, -0.2) is 23.5 Å². The standard InChI is InChI=1S/C23H23F2N5O2S/c1-3-10-33-22-28-20(26-12-14-4-7-16(32-2)8-5-14)19-21(29-22)30(23(31)27-19)13-15-6-9-17(24)18(25)11-15/h4-9,11H,3,10,12-13H2,1-2H3,(H,27,31)(H,26,28,29). The van der Waals surface area contributed by atoms with Crippen molar-refractivity contribution in [1.29, 1.82) is 0 Å². The van der Waals surface area contributed by atoms with Crippen LogP contribution in [0.25, 0.3) is 11.2 Å². The number of nitrogens with one attached hydrogen (secondary N) is 2. The summed E-state index contributed by atoms with van der Waals surface area (Å²) in [6, 6.07) is 11.2. The molecule has 0 unspecified atom stereocenters. The number of rotatable bonds is 9. The first kappa shape index (κ1) is 22.8. The molecule has 2 aromatic carbocycles. The van der Waals surface area contributed by atoms with Gasteiger partial charge in [0.15, 0.2) is 28.3 Å². The lowest BCUT2D eigenvalue weighted by atomic mass is 10.2. The van der Waals surface area contributed by atoms with Gasteiger partial charge in [0.1, 0.15) is 11.3 Å². The van der Waals surface area contributed by atoms with Crippen molar-refractivity contribution in [1.82, 2.24) is 19.5 Å². The van der Waals surface area contributed by atoms with Crippen molar-refractivity contribution in [2.45, 2.75) is 31.6 Å². The molecule has 4 aromatic rings. The average molecular weight is 472 g/mol. The van der Waals surface area contributed by atoms with Gasteiger partial charge in [0.2, 0.25) is 0 Å². The Bertz CT molecular complexity index is 1320. The van der Waals surface area contributed by atoms with Gasteiger partial charge >= 0.3 is 5.69 Å². The first-order chi connectivity index (χ1) is 16.0. The molecule has 10 heteroatoms. The Hall–Kier alpha value is -3.40. The van der Waals surface area contributed by atoms with Gasteiger partial charge in [0.25, 0.3) is 0 Å². The molecule has 0 saturated heterocycles. The third-order valence-corrected chi connectivity index (χ3v) is 6.03. The molecule has 172 valence electrons. The van der Waals surface area contributed by atoms with Crippen LogP contribution in [-0.4, -0.2) is 32.4 Å². The second-order valence-corrected chi connectivity index (χ2v) is 8.43. The SMILES string of the molecule is CCCSc1nc(NCc2ccc(OC)cc2)c2[nH]c(=O)n(Cc3ccc(F)c(F)c3)c2n1. The number of fused-ring (bicyclic) bond motifs is 1. The number of hydrogen-bond acceptors (Lipinski definition) is 6. The van der Waals surface area contributed by atoms with Gasteiger partial charge in [-0.1, -0.05) is 36.9 Å². The molecule has 2 heterocycles. The second kappa shape index (κ2) is 10.0. The van der Waals surface area contributed by atoms with Gasteiger partial charge < -0.3 is 15.0 Å². The highest BCUT2D eigenvalue weighted by Gasteiger charge is 2.17. The number of nitrogens with zero attached hydrogens (tertiary/aromatic N) is 3. The second-order valence-electron chi connectivity index (χ2n) is 7.37. The predicted molar refractivity (Wildman–Crippen MR) is 125 cm³/mol. The Kier molecular flexibility index (Phi) is 6.93. The van der Waals surface area contributed by atoms with Crippen molar-refractivity contribution in [2.24, 2.45) is 0 Å². The minimum absolute atomic E-state index is 0.0445. The summed E-state index contributed by atoms with van der Waals surface area (Å²) in [7, 11) is 1.61. The van der Waals surface area contributed by atoms with E-state index in [1.54, 1.807) is 7.11 Å². The Morgan fingerprint density at radius 3 is 2.55 bits per heavy atom. The van der Waals surface area contributed by atoms with Gasteiger partial charge in [-0.15, -0.1) is 0 Å². The zero-order valence-electron chi connectivity index (χ0n) is 18.2. The molecule has 0 fully saturated rings. The molecule has 0 atom stereocenters. The third-order valence-electron chi connectivity index (χ3n) is 4.98. The fourth-order valence-corrected chi connectivity index (χ4v) is 3.99. The van der Waals surface area contributed by atoms with Crippen LogP contribution in [0.5, 0.6) is 5.75 Å². The molecular weight excluding hydrogens is 448 g/mol. The van der Waals surface area contributed by atoms with E-state index in [1.165, 1.54) is 22.4 Å². The maximum atomic E-state index is 13.7. The highest BCUT2D eigenvalue weighted by molar-refractivity contribution is 7.99. The van der Waals surface area contributed by atoms with E-state index in [4.69, 9.17) is 4.74 Å². The van der Waals surface area contributed by atoms with Crippen LogP contribution in [0.3, 0.4) is 0 Å². The van der Waals surface area contributed by atoms with Crippen LogP contribution in [0.2, 0.25) is 0 Å². The first-order valence-electron chi connectivity index (χ1n) is 10.4. The zero-order chi connectivity index (χ0) is 23.4. The van der Waals surface area contributed by atoms with Gasteiger partial charge in [-0.2, -0.15) is 0 Å². The van der Waals surface area contributed by atoms with E-state index in [0.29, 0.717) is 34.2 Å². The van der Waals surface area contributed by atoms with Crippen LogP contribution >= 0.6 is 11.8 Å². The molecule has 7 nitrogen and oxygen atoms in total. The monoisotopic (exact) mass is 471 g/mol. The molecule has 0 aliphatic carbocycles. The molecule has 2 aromatic heterocycles. The van der Waals surface area contributed by atoms with Crippen LogP contribution in [0.4, 0.5) is 14.6 Å². The summed E-state index contributed by atoms with van der Waals surface area (Å²) in [6.45, 7) is 2.58.